The second kappa shape index (κ2) is 4.74. The number of benzene rings is 1. The number of aromatic hydroxyl groups is 1. The summed E-state index contributed by atoms with van der Waals surface area (Å²) in [6.45, 7) is 3.97. The van der Waals surface area contributed by atoms with Gasteiger partial charge in [0.2, 0.25) is 0 Å². The molecule has 1 fully saturated rings. The van der Waals surface area contributed by atoms with Gasteiger partial charge in [0, 0.05) is 18.0 Å². The Hall–Kier alpha value is -1.22. The van der Waals surface area contributed by atoms with Crippen LogP contribution in [0.25, 0.3) is 0 Å². The second-order valence-corrected chi connectivity index (χ2v) is 4.40. The van der Waals surface area contributed by atoms with Crippen LogP contribution in [0.1, 0.15) is 29.9 Å². The van der Waals surface area contributed by atoms with Crippen LogP contribution in [0.3, 0.4) is 0 Å². The van der Waals surface area contributed by atoms with Crippen LogP contribution >= 0.6 is 0 Å². The van der Waals surface area contributed by atoms with Gasteiger partial charge in [0.05, 0.1) is 7.11 Å². The van der Waals surface area contributed by atoms with Crippen LogP contribution in [0.15, 0.2) is 12.1 Å². The van der Waals surface area contributed by atoms with Crippen LogP contribution in [0.4, 0.5) is 0 Å². The fourth-order valence-corrected chi connectivity index (χ4v) is 2.39. The zero-order valence-electron chi connectivity index (χ0n) is 9.92. The van der Waals surface area contributed by atoms with Crippen molar-refractivity contribution in [1.82, 2.24) is 5.32 Å². The Labute approximate surface area is 96.4 Å². The summed E-state index contributed by atoms with van der Waals surface area (Å²) in [5.74, 6) is 1.34. The van der Waals surface area contributed by atoms with Crippen LogP contribution < -0.4 is 10.1 Å². The number of hydrogen-bond acceptors (Lipinski definition) is 3. The second-order valence-electron chi connectivity index (χ2n) is 4.40. The molecule has 16 heavy (non-hydrogen) atoms. The number of piperidine rings is 1. The van der Waals surface area contributed by atoms with E-state index in [9.17, 15) is 5.11 Å². The van der Waals surface area contributed by atoms with Crippen molar-refractivity contribution in [3.63, 3.8) is 0 Å². The van der Waals surface area contributed by atoms with Crippen molar-refractivity contribution < 1.29 is 9.84 Å². The molecule has 2 N–H and O–H groups in total. The van der Waals surface area contributed by atoms with E-state index in [4.69, 9.17) is 4.74 Å². The van der Waals surface area contributed by atoms with Crippen LogP contribution in [-0.4, -0.2) is 25.3 Å². The summed E-state index contributed by atoms with van der Waals surface area (Å²) in [5.41, 5.74) is 1.99. The number of hydrogen-bond donors (Lipinski definition) is 2. The van der Waals surface area contributed by atoms with Gasteiger partial charge in [-0.1, -0.05) is 12.1 Å². The molecular weight excluding hydrogens is 202 g/mol. The lowest BCUT2D eigenvalue weighted by atomic mass is 9.90. The smallest absolute Gasteiger partial charge is 0.163 e. The molecule has 0 bridgehead atoms. The summed E-state index contributed by atoms with van der Waals surface area (Å²) < 4.78 is 5.24. The van der Waals surface area contributed by atoms with Crippen LogP contribution in [-0.2, 0) is 0 Å². The van der Waals surface area contributed by atoms with Crippen molar-refractivity contribution in [2.45, 2.75) is 25.7 Å². The molecule has 1 unspecified atom stereocenters. The molecule has 0 spiro atoms. The lowest BCUT2D eigenvalue weighted by Crippen LogP contribution is -2.28. The first-order valence-electron chi connectivity index (χ1n) is 5.81. The monoisotopic (exact) mass is 221 g/mol. The number of rotatable bonds is 2. The predicted octanol–water partition coefficient (Wildman–Crippen LogP) is 2.18. The average molecular weight is 221 g/mol. The van der Waals surface area contributed by atoms with Crippen molar-refractivity contribution in [2.75, 3.05) is 20.2 Å². The van der Waals surface area contributed by atoms with E-state index >= 15 is 0 Å². The highest BCUT2D eigenvalue weighted by atomic mass is 16.5. The third-order valence-electron chi connectivity index (χ3n) is 3.30. The lowest BCUT2D eigenvalue weighted by Gasteiger charge is -2.24. The summed E-state index contributed by atoms with van der Waals surface area (Å²) in [5, 5.41) is 13.5. The first-order chi connectivity index (χ1) is 7.74. The van der Waals surface area contributed by atoms with E-state index in [0.717, 1.165) is 30.6 Å². The van der Waals surface area contributed by atoms with Crippen molar-refractivity contribution in [3.8, 4) is 11.5 Å². The topological polar surface area (TPSA) is 41.5 Å². The van der Waals surface area contributed by atoms with Crippen LogP contribution in [0, 0.1) is 6.92 Å². The molecule has 1 aromatic rings. The van der Waals surface area contributed by atoms with E-state index in [1.54, 1.807) is 7.11 Å². The number of phenols is 1. The number of nitrogens with one attached hydrogen (secondary N) is 1. The minimum atomic E-state index is 0.316. The highest BCUT2D eigenvalue weighted by Crippen LogP contribution is 2.38. The van der Waals surface area contributed by atoms with Gasteiger partial charge in [-0.2, -0.15) is 0 Å². The van der Waals surface area contributed by atoms with E-state index in [1.807, 2.05) is 19.1 Å². The van der Waals surface area contributed by atoms with E-state index in [2.05, 4.69) is 5.32 Å². The molecule has 1 atom stereocenters. The Kier molecular flexibility index (Phi) is 3.34. The molecule has 0 amide bonds. The van der Waals surface area contributed by atoms with Gasteiger partial charge in [-0.15, -0.1) is 0 Å². The fraction of sp³-hybridized carbons (Fsp3) is 0.538. The molecule has 2 rings (SSSR count). The quantitative estimate of drug-likeness (QED) is 0.804. The van der Waals surface area contributed by atoms with Gasteiger partial charge in [0.15, 0.2) is 11.5 Å². The normalized spacial score (nSPS) is 20.8. The highest BCUT2D eigenvalue weighted by molar-refractivity contribution is 5.52. The summed E-state index contributed by atoms with van der Waals surface area (Å²) >= 11 is 0. The largest absolute Gasteiger partial charge is 0.504 e. The lowest BCUT2D eigenvalue weighted by molar-refractivity contribution is 0.361. The van der Waals surface area contributed by atoms with Gasteiger partial charge in [0.1, 0.15) is 0 Å². The average Bonchev–Trinajstić information content (AvgIpc) is 2.31. The van der Waals surface area contributed by atoms with Gasteiger partial charge < -0.3 is 15.2 Å². The third-order valence-corrected chi connectivity index (χ3v) is 3.30. The molecule has 3 heteroatoms. The van der Waals surface area contributed by atoms with Gasteiger partial charge >= 0.3 is 0 Å². The first kappa shape index (κ1) is 11.3. The van der Waals surface area contributed by atoms with Crippen molar-refractivity contribution >= 4 is 0 Å². The van der Waals surface area contributed by atoms with Crippen molar-refractivity contribution in [3.05, 3.63) is 23.3 Å². The number of phenolic OH excluding ortho intramolecular Hbond substituents is 1. The molecule has 3 nitrogen and oxygen atoms in total. The molecule has 1 aliphatic heterocycles. The van der Waals surface area contributed by atoms with Gasteiger partial charge in [-0.05, 0) is 31.9 Å². The Morgan fingerprint density at radius 1 is 1.44 bits per heavy atom. The van der Waals surface area contributed by atoms with Crippen LogP contribution in [0.5, 0.6) is 11.5 Å². The summed E-state index contributed by atoms with van der Waals surface area (Å²) in [6.07, 6.45) is 2.30. The molecule has 0 aromatic heterocycles. The maximum Gasteiger partial charge on any atom is 0.163 e. The molecule has 88 valence electrons. The summed E-state index contributed by atoms with van der Waals surface area (Å²) in [4.78, 5) is 0. The number of aryl methyl sites for hydroxylation is 1. The summed E-state index contributed by atoms with van der Waals surface area (Å²) in [6, 6.07) is 4.04. The minimum absolute atomic E-state index is 0.316. The molecule has 1 heterocycles. The van der Waals surface area contributed by atoms with E-state index in [-0.39, 0.29) is 0 Å². The minimum Gasteiger partial charge on any atom is -0.504 e. The molecule has 1 saturated heterocycles. The van der Waals surface area contributed by atoms with Gasteiger partial charge in [0.25, 0.3) is 0 Å². The molecular formula is C13H19NO2. The standard InChI is InChI=1S/C13H19NO2/c1-9-5-6-11(12(15)13(9)16-2)10-4-3-7-14-8-10/h5-6,10,14-15H,3-4,7-8H2,1-2H3. The van der Waals surface area contributed by atoms with Gasteiger partial charge in [-0.25, -0.2) is 0 Å². The Morgan fingerprint density at radius 3 is 2.88 bits per heavy atom. The zero-order chi connectivity index (χ0) is 11.5. The van der Waals surface area contributed by atoms with E-state index < -0.39 is 0 Å². The Bertz CT molecular complexity index is 370. The third kappa shape index (κ3) is 2.00. The van der Waals surface area contributed by atoms with E-state index in [0.29, 0.717) is 17.4 Å². The fourth-order valence-electron chi connectivity index (χ4n) is 2.39. The Balaban J connectivity index is 2.33. The molecule has 0 saturated carbocycles. The van der Waals surface area contributed by atoms with E-state index in [1.165, 1.54) is 6.42 Å². The molecule has 1 aromatic carbocycles. The van der Waals surface area contributed by atoms with Crippen molar-refractivity contribution in [2.24, 2.45) is 0 Å². The Morgan fingerprint density at radius 2 is 2.25 bits per heavy atom. The molecule has 0 radical (unpaired) electrons. The zero-order valence-corrected chi connectivity index (χ0v) is 9.92. The SMILES string of the molecule is COc1c(C)ccc(C2CCCNC2)c1O. The first-order valence-corrected chi connectivity index (χ1v) is 5.81. The maximum absolute atomic E-state index is 10.2. The molecule has 0 aliphatic carbocycles. The van der Waals surface area contributed by atoms with Crippen LogP contribution in [0.2, 0.25) is 0 Å². The maximum atomic E-state index is 10.2. The molecule has 1 aliphatic rings. The summed E-state index contributed by atoms with van der Waals surface area (Å²) in [7, 11) is 1.60. The van der Waals surface area contributed by atoms with Crippen molar-refractivity contribution in [1.29, 1.82) is 0 Å². The highest BCUT2D eigenvalue weighted by Gasteiger charge is 2.21. The number of ether oxygens (including phenoxy) is 1. The predicted molar refractivity (Wildman–Crippen MR) is 64.2 cm³/mol. The number of methoxy groups -OCH3 is 1. The van der Waals surface area contributed by atoms with Gasteiger partial charge in [-0.3, -0.25) is 0 Å².